The summed E-state index contributed by atoms with van der Waals surface area (Å²) in [7, 11) is 2.18. The smallest absolute Gasteiger partial charge is 0.164 e. The van der Waals surface area contributed by atoms with Crippen LogP contribution in [0.1, 0.15) is 36.2 Å². The van der Waals surface area contributed by atoms with Crippen LogP contribution in [0.15, 0.2) is 36.4 Å². The molecule has 0 saturated heterocycles. The molecule has 6 rings (SSSR count). The Morgan fingerprint density at radius 2 is 1.83 bits per heavy atom. The molecule has 30 heavy (non-hydrogen) atoms. The molecule has 1 aromatic heterocycles. The van der Waals surface area contributed by atoms with Crippen molar-refractivity contribution in [3.8, 4) is 17.1 Å². The Hall–Kier alpha value is -2.86. The lowest BCUT2D eigenvalue weighted by Crippen LogP contribution is -2.28. The molecule has 3 aromatic rings. The van der Waals surface area contributed by atoms with E-state index in [1.807, 2.05) is 0 Å². The zero-order valence-corrected chi connectivity index (χ0v) is 17.5. The van der Waals surface area contributed by atoms with Crippen molar-refractivity contribution in [3.05, 3.63) is 53.3 Å². The third-order valence-electron chi connectivity index (χ3n) is 6.57. The Balaban J connectivity index is 1.35. The van der Waals surface area contributed by atoms with Gasteiger partial charge in [0.15, 0.2) is 5.82 Å². The van der Waals surface area contributed by atoms with E-state index in [2.05, 4.69) is 68.0 Å². The number of ether oxygens (including phenoxy) is 1. The lowest BCUT2D eigenvalue weighted by Gasteiger charge is -2.32. The van der Waals surface area contributed by atoms with E-state index in [0.717, 1.165) is 61.2 Å². The highest BCUT2D eigenvalue weighted by Gasteiger charge is 2.24. The van der Waals surface area contributed by atoms with Gasteiger partial charge < -0.3 is 14.2 Å². The van der Waals surface area contributed by atoms with Crippen molar-refractivity contribution in [3.63, 3.8) is 0 Å². The number of benzene rings is 2. The molecule has 0 aliphatic carbocycles. The molecule has 0 spiro atoms. The second kappa shape index (κ2) is 7.13. The fraction of sp³-hybridized carbons (Fsp3) is 0.417. The van der Waals surface area contributed by atoms with Crippen molar-refractivity contribution >= 4 is 11.4 Å². The topological polar surface area (TPSA) is 46.4 Å². The number of aryl methyl sites for hydroxylation is 1. The molecule has 0 fully saturated rings. The molecule has 154 valence electrons. The highest BCUT2D eigenvalue weighted by atomic mass is 16.5. The van der Waals surface area contributed by atoms with Crippen molar-refractivity contribution in [2.45, 2.75) is 45.3 Å². The highest BCUT2D eigenvalue weighted by molar-refractivity contribution is 5.75. The molecule has 0 saturated carbocycles. The van der Waals surface area contributed by atoms with Crippen LogP contribution in [-0.4, -0.2) is 39.9 Å². The second-order valence-corrected chi connectivity index (χ2v) is 8.71. The maximum Gasteiger partial charge on any atom is 0.164 e. The van der Waals surface area contributed by atoms with Crippen molar-refractivity contribution in [2.24, 2.45) is 0 Å². The average Bonchev–Trinajstić information content (AvgIpc) is 3.26. The zero-order chi connectivity index (χ0) is 20.1. The minimum absolute atomic E-state index is 0.686. The standard InChI is InChI=1S/C24H27N5O/c1-27-15-18-6-8-20(13-19(18)16-27)28-11-12-30-22-14-17(7-9-21(22)28)24-26-25-23-5-3-2-4-10-29(23)24/h6-9,13-14H,2-5,10-12,15-16H2,1H3. The highest BCUT2D eigenvalue weighted by Crippen LogP contribution is 2.40. The summed E-state index contributed by atoms with van der Waals surface area (Å²) in [5.41, 5.74) is 6.35. The van der Waals surface area contributed by atoms with Gasteiger partial charge in [-0.15, -0.1) is 10.2 Å². The molecule has 0 atom stereocenters. The first-order valence-electron chi connectivity index (χ1n) is 11.0. The minimum atomic E-state index is 0.686. The Morgan fingerprint density at radius 3 is 2.80 bits per heavy atom. The van der Waals surface area contributed by atoms with Crippen LogP contribution in [0.5, 0.6) is 5.75 Å². The van der Waals surface area contributed by atoms with E-state index < -0.39 is 0 Å². The van der Waals surface area contributed by atoms with Crippen LogP contribution in [0.2, 0.25) is 0 Å². The molecule has 0 radical (unpaired) electrons. The van der Waals surface area contributed by atoms with Gasteiger partial charge in [-0.25, -0.2) is 0 Å². The Morgan fingerprint density at radius 1 is 0.900 bits per heavy atom. The molecule has 3 aliphatic rings. The third-order valence-corrected chi connectivity index (χ3v) is 6.57. The summed E-state index contributed by atoms with van der Waals surface area (Å²) in [6.07, 6.45) is 4.69. The molecule has 2 aromatic carbocycles. The number of rotatable bonds is 2. The van der Waals surface area contributed by atoms with Crippen molar-refractivity contribution in [1.82, 2.24) is 19.7 Å². The quantitative estimate of drug-likeness (QED) is 0.646. The van der Waals surface area contributed by atoms with Gasteiger partial charge in [-0.1, -0.05) is 12.5 Å². The largest absolute Gasteiger partial charge is 0.490 e. The van der Waals surface area contributed by atoms with Gasteiger partial charge in [0, 0.05) is 37.3 Å². The Kier molecular flexibility index (Phi) is 4.27. The van der Waals surface area contributed by atoms with Crippen molar-refractivity contribution in [1.29, 1.82) is 0 Å². The summed E-state index contributed by atoms with van der Waals surface area (Å²) >= 11 is 0. The monoisotopic (exact) mass is 401 g/mol. The van der Waals surface area contributed by atoms with Crippen LogP contribution in [-0.2, 0) is 26.1 Å². The molecular weight excluding hydrogens is 374 g/mol. The molecule has 0 amide bonds. The first-order valence-corrected chi connectivity index (χ1v) is 11.0. The Bertz CT molecular complexity index is 1100. The average molecular weight is 402 g/mol. The SMILES string of the molecule is CN1Cc2ccc(N3CCOc4cc(-c5nnc6n5CCCCC6)ccc43)cc2C1. The van der Waals surface area contributed by atoms with Gasteiger partial charge in [-0.05, 0) is 61.3 Å². The predicted octanol–water partition coefficient (Wildman–Crippen LogP) is 4.15. The van der Waals surface area contributed by atoms with E-state index in [4.69, 9.17) is 4.74 Å². The third kappa shape index (κ3) is 2.98. The van der Waals surface area contributed by atoms with E-state index in [-0.39, 0.29) is 0 Å². The molecular formula is C24H27N5O. The summed E-state index contributed by atoms with van der Waals surface area (Å²) < 4.78 is 8.38. The zero-order valence-electron chi connectivity index (χ0n) is 17.5. The lowest BCUT2D eigenvalue weighted by molar-refractivity contribution is 0.314. The second-order valence-electron chi connectivity index (χ2n) is 8.71. The van der Waals surface area contributed by atoms with Crippen LogP contribution < -0.4 is 9.64 Å². The first kappa shape index (κ1) is 18.0. The normalized spacial score (nSPS) is 18.4. The maximum absolute atomic E-state index is 6.09. The van der Waals surface area contributed by atoms with E-state index in [1.165, 1.54) is 36.1 Å². The van der Waals surface area contributed by atoms with E-state index in [9.17, 15) is 0 Å². The van der Waals surface area contributed by atoms with Gasteiger partial charge in [0.2, 0.25) is 0 Å². The van der Waals surface area contributed by atoms with E-state index in [0.29, 0.717) is 6.61 Å². The molecule has 3 aliphatic heterocycles. The molecule has 0 unspecified atom stereocenters. The van der Waals surface area contributed by atoms with E-state index >= 15 is 0 Å². The molecule has 0 N–H and O–H groups in total. The van der Waals surface area contributed by atoms with Gasteiger partial charge in [-0.3, -0.25) is 4.90 Å². The van der Waals surface area contributed by atoms with Crippen LogP contribution in [0.25, 0.3) is 11.4 Å². The van der Waals surface area contributed by atoms with Crippen molar-refractivity contribution < 1.29 is 4.74 Å². The van der Waals surface area contributed by atoms with Crippen LogP contribution >= 0.6 is 0 Å². The maximum atomic E-state index is 6.09. The summed E-state index contributed by atoms with van der Waals surface area (Å²) in [6, 6.07) is 13.4. The Labute approximate surface area is 177 Å². The number of fused-ring (bicyclic) bond motifs is 3. The van der Waals surface area contributed by atoms with Crippen LogP contribution in [0.4, 0.5) is 11.4 Å². The van der Waals surface area contributed by atoms with Gasteiger partial charge >= 0.3 is 0 Å². The van der Waals surface area contributed by atoms with Crippen LogP contribution in [0.3, 0.4) is 0 Å². The van der Waals surface area contributed by atoms with Gasteiger partial charge in [-0.2, -0.15) is 0 Å². The molecule has 4 heterocycles. The van der Waals surface area contributed by atoms with Gasteiger partial charge in [0.1, 0.15) is 18.2 Å². The summed E-state index contributed by atoms with van der Waals surface area (Å²) in [5, 5.41) is 8.99. The van der Waals surface area contributed by atoms with Crippen LogP contribution in [0, 0.1) is 0 Å². The molecule has 6 nitrogen and oxygen atoms in total. The minimum Gasteiger partial charge on any atom is -0.490 e. The summed E-state index contributed by atoms with van der Waals surface area (Å²) in [6.45, 7) is 4.62. The summed E-state index contributed by atoms with van der Waals surface area (Å²) in [4.78, 5) is 4.74. The number of hydrogen-bond donors (Lipinski definition) is 0. The van der Waals surface area contributed by atoms with Crippen molar-refractivity contribution in [2.75, 3.05) is 25.1 Å². The number of aromatic nitrogens is 3. The van der Waals surface area contributed by atoms with Gasteiger partial charge in [0.05, 0.1) is 12.2 Å². The van der Waals surface area contributed by atoms with E-state index in [1.54, 1.807) is 0 Å². The number of hydrogen-bond acceptors (Lipinski definition) is 5. The number of nitrogens with zero attached hydrogens (tertiary/aromatic N) is 5. The first-order chi connectivity index (χ1) is 14.8. The van der Waals surface area contributed by atoms with Gasteiger partial charge in [0.25, 0.3) is 0 Å². The molecule has 0 bridgehead atoms. The number of anilines is 2. The fourth-order valence-corrected chi connectivity index (χ4v) is 5.05. The lowest BCUT2D eigenvalue weighted by atomic mass is 10.1. The fourth-order valence-electron chi connectivity index (χ4n) is 5.05. The molecule has 6 heteroatoms. The predicted molar refractivity (Wildman–Crippen MR) is 117 cm³/mol. The summed E-state index contributed by atoms with van der Waals surface area (Å²) in [5.74, 6) is 3.02.